The van der Waals surface area contributed by atoms with Gasteiger partial charge in [0.25, 0.3) is 0 Å². The van der Waals surface area contributed by atoms with Crippen molar-refractivity contribution in [3.63, 3.8) is 0 Å². The van der Waals surface area contributed by atoms with Crippen molar-refractivity contribution < 1.29 is 9.53 Å². The van der Waals surface area contributed by atoms with E-state index in [0.717, 1.165) is 12.5 Å². The van der Waals surface area contributed by atoms with E-state index in [4.69, 9.17) is 4.74 Å². The summed E-state index contributed by atoms with van der Waals surface area (Å²) in [5.41, 5.74) is 0.685. The van der Waals surface area contributed by atoms with Crippen LogP contribution in [0.1, 0.15) is 47.1 Å². The number of amides is 1. The van der Waals surface area contributed by atoms with Crippen LogP contribution in [-0.4, -0.2) is 36.8 Å². The predicted octanol–water partition coefficient (Wildman–Crippen LogP) is 3.97. The molecule has 1 atom stereocenters. The number of rotatable bonds is 7. The number of carbonyl (C=O) groups is 1. The maximum absolute atomic E-state index is 12.0. The Bertz CT molecular complexity index is 542. The third-order valence-corrected chi connectivity index (χ3v) is 4.07. The zero-order chi connectivity index (χ0) is 18.9. The molecule has 1 amide bonds. The van der Waals surface area contributed by atoms with Crippen molar-refractivity contribution in [1.29, 1.82) is 0 Å². The molecular formula is C18H33IN4O2S. The highest BCUT2D eigenvalue weighted by Gasteiger charge is 2.21. The van der Waals surface area contributed by atoms with E-state index in [-0.39, 0.29) is 35.9 Å². The van der Waals surface area contributed by atoms with Crippen LogP contribution in [0, 0.1) is 5.92 Å². The molecular weight excluding hydrogens is 463 g/mol. The number of thiophene rings is 1. The number of nitrogens with one attached hydrogen (secondary N) is 3. The molecule has 0 spiro atoms. The van der Waals surface area contributed by atoms with E-state index >= 15 is 0 Å². The summed E-state index contributed by atoms with van der Waals surface area (Å²) in [6.07, 6.45) is -0.395. The van der Waals surface area contributed by atoms with Crippen molar-refractivity contribution in [2.75, 3.05) is 13.1 Å². The normalized spacial score (nSPS) is 13.0. The molecule has 1 unspecified atom stereocenters. The second kappa shape index (κ2) is 12.4. The van der Waals surface area contributed by atoms with Gasteiger partial charge in [0, 0.05) is 13.1 Å². The van der Waals surface area contributed by atoms with Gasteiger partial charge >= 0.3 is 6.09 Å². The summed E-state index contributed by atoms with van der Waals surface area (Å²) in [7, 11) is 0. The van der Waals surface area contributed by atoms with E-state index in [1.807, 2.05) is 33.1 Å². The number of aliphatic imine (C=N–C) groups is 1. The molecule has 26 heavy (non-hydrogen) atoms. The third-order valence-electron chi connectivity index (χ3n) is 3.34. The van der Waals surface area contributed by atoms with Crippen molar-refractivity contribution in [1.82, 2.24) is 16.0 Å². The van der Waals surface area contributed by atoms with E-state index in [9.17, 15) is 4.79 Å². The third kappa shape index (κ3) is 10.8. The Kier molecular flexibility index (Phi) is 11.9. The summed E-state index contributed by atoms with van der Waals surface area (Å²) in [5.74, 6) is 1.00. The maximum atomic E-state index is 12.0. The second-order valence-electron chi connectivity index (χ2n) is 7.20. The summed E-state index contributed by atoms with van der Waals surface area (Å²) in [6.45, 7) is 13.7. The summed E-state index contributed by atoms with van der Waals surface area (Å²) in [4.78, 5) is 16.6. The van der Waals surface area contributed by atoms with E-state index < -0.39 is 11.7 Å². The summed E-state index contributed by atoms with van der Waals surface area (Å²) < 4.78 is 5.35. The molecule has 6 nitrogen and oxygen atoms in total. The molecule has 0 radical (unpaired) electrons. The van der Waals surface area contributed by atoms with Crippen LogP contribution in [0.3, 0.4) is 0 Å². The fourth-order valence-electron chi connectivity index (χ4n) is 2.01. The lowest BCUT2D eigenvalue weighted by atomic mass is 10.0. The smallest absolute Gasteiger partial charge is 0.407 e. The van der Waals surface area contributed by atoms with Gasteiger partial charge in [0.1, 0.15) is 5.60 Å². The van der Waals surface area contributed by atoms with Crippen molar-refractivity contribution in [3.8, 4) is 0 Å². The van der Waals surface area contributed by atoms with Crippen LogP contribution in [0.25, 0.3) is 0 Å². The Balaban J connectivity index is 0.00000625. The minimum Gasteiger partial charge on any atom is -0.444 e. The molecule has 1 heterocycles. The molecule has 0 saturated carbocycles. The molecule has 3 N–H and O–H groups in total. The monoisotopic (exact) mass is 496 g/mol. The van der Waals surface area contributed by atoms with E-state index in [1.54, 1.807) is 11.3 Å². The molecule has 1 aromatic rings. The first-order chi connectivity index (χ1) is 11.7. The van der Waals surface area contributed by atoms with Gasteiger partial charge in [-0.15, -0.1) is 24.0 Å². The molecule has 1 aromatic heterocycles. The Morgan fingerprint density at radius 3 is 2.50 bits per heavy atom. The number of halogens is 1. The van der Waals surface area contributed by atoms with E-state index in [1.165, 1.54) is 5.56 Å². The topological polar surface area (TPSA) is 74.8 Å². The Hall–Kier alpha value is -1.03. The number of alkyl carbamates (subject to hydrolysis) is 1. The van der Waals surface area contributed by atoms with Gasteiger partial charge in [-0.25, -0.2) is 9.79 Å². The molecule has 0 fully saturated rings. The lowest BCUT2D eigenvalue weighted by Crippen LogP contribution is -2.50. The molecule has 1 rings (SSSR count). The van der Waals surface area contributed by atoms with Crippen molar-refractivity contribution >= 4 is 47.4 Å². The zero-order valence-electron chi connectivity index (χ0n) is 16.6. The lowest BCUT2D eigenvalue weighted by Gasteiger charge is -2.26. The highest BCUT2D eigenvalue weighted by atomic mass is 127. The first-order valence-corrected chi connectivity index (χ1v) is 9.68. The van der Waals surface area contributed by atoms with Crippen molar-refractivity contribution in [2.45, 2.75) is 59.7 Å². The predicted molar refractivity (Wildman–Crippen MR) is 121 cm³/mol. The summed E-state index contributed by atoms with van der Waals surface area (Å²) in [6, 6.07) is 2.01. The summed E-state index contributed by atoms with van der Waals surface area (Å²) in [5, 5.41) is 13.6. The standard InChI is InChI=1S/C18H32N4O2S.HI/c1-7-19-16(20-10-14-8-9-25-12-14)21-11-15(13(2)3)22-17(23)24-18(4,5)6;/h8-9,12-13,15H,7,10-11H2,1-6H3,(H,22,23)(H2,19,20,21);1H. The van der Waals surface area contributed by atoms with Gasteiger partial charge in [-0.1, -0.05) is 13.8 Å². The number of nitrogens with zero attached hydrogens (tertiary/aromatic N) is 1. The van der Waals surface area contributed by atoms with Crippen LogP contribution in [-0.2, 0) is 11.3 Å². The molecule has 0 bridgehead atoms. The Morgan fingerprint density at radius 1 is 1.31 bits per heavy atom. The number of guanidine groups is 1. The molecule has 0 aliphatic carbocycles. The molecule has 0 aliphatic rings. The van der Waals surface area contributed by atoms with E-state index in [2.05, 4.69) is 46.2 Å². The maximum Gasteiger partial charge on any atom is 0.407 e. The second-order valence-corrected chi connectivity index (χ2v) is 7.98. The van der Waals surface area contributed by atoms with Gasteiger partial charge in [0.05, 0.1) is 12.6 Å². The molecule has 0 aliphatic heterocycles. The average molecular weight is 496 g/mol. The summed E-state index contributed by atoms with van der Waals surface area (Å²) >= 11 is 1.67. The zero-order valence-corrected chi connectivity index (χ0v) is 19.7. The van der Waals surface area contributed by atoms with Gasteiger partial charge in [-0.2, -0.15) is 11.3 Å². The first kappa shape index (κ1) is 25.0. The van der Waals surface area contributed by atoms with Crippen molar-refractivity contribution in [2.24, 2.45) is 10.9 Å². The van der Waals surface area contributed by atoms with E-state index in [0.29, 0.717) is 13.1 Å². The number of hydrogen-bond donors (Lipinski definition) is 3. The highest BCUT2D eigenvalue weighted by Crippen LogP contribution is 2.09. The molecule has 0 saturated heterocycles. The van der Waals surface area contributed by atoms with Crippen LogP contribution in [0.5, 0.6) is 0 Å². The SMILES string of the molecule is CCNC(=NCc1ccsc1)NCC(NC(=O)OC(C)(C)C)C(C)C.I. The molecule has 0 aromatic carbocycles. The minimum atomic E-state index is -0.504. The number of hydrogen-bond acceptors (Lipinski definition) is 4. The molecule has 150 valence electrons. The van der Waals surface area contributed by atoms with Crippen LogP contribution < -0.4 is 16.0 Å². The minimum absolute atomic E-state index is 0. The van der Waals surface area contributed by atoms with Gasteiger partial charge in [0.2, 0.25) is 0 Å². The van der Waals surface area contributed by atoms with Gasteiger partial charge in [0.15, 0.2) is 5.96 Å². The Labute approximate surface area is 178 Å². The van der Waals surface area contributed by atoms with Crippen LogP contribution in [0.4, 0.5) is 4.79 Å². The fourth-order valence-corrected chi connectivity index (χ4v) is 2.67. The van der Waals surface area contributed by atoms with Gasteiger partial charge < -0.3 is 20.7 Å². The van der Waals surface area contributed by atoms with Crippen LogP contribution >= 0.6 is 35.3 Å². The van der Waals surface area contributed by atoms with Gasteiger partial charge in [-0.3, -0.25) is 0 Å². The molecule has 8 heteroatoms. The fraction of sp³-hybridized carbons (Fsp3) is 0.667. The lowest BCUT2D eigenvalue weighted by molar-refractivity contribution is 0.0491. The first-order valence-electron chi connectivity index (χ1n) is 8.74. The Morgan fingerprint density at radius 2 is 2.00 bits per heavy atom. The quantitative estimate of drug-likeness (QED) is 0.304. The van der Waals surface area contributed by atoms with Gasteiger partial charge in [-0.05, 0) is 56.0 Å². The number of ether oxygens (including phenoxy) is 1. The largest absolute Gasteiger partial charge is 0.444 e. The highest BCUT2D eigenvalue weighted by molar-refractivity contribution is 14.0. The number of carbonyl (C=O) groups excluding carboxylic acids is 1. The van der Waals surface area contributed by atoms with Crippen LogP contribution in [0.2, 0.25) is 0 Å². The van der Waals surface area contributed by atoms with Crippen LogP contribution in [0.15, 0.2) is 21.8 Å². The average Bonchev–Trinajstić information content (AvgIpc) is 2.99. The van der Waals surface area contributed by atoms with Crippen molar-refractivity contribution in [3.05, 3.63) is 22.4 Å².